The Labute approximate surface area is 98.6 Å². The molecule has 0 unspecified atom stereocenters. The molecule has 0 atom stereocenters. The molecule has 0 aromatic carbocycles. The van der Waals surface area contributed by atoms with E-state index in [9.17, 15) is 0 Å². The molecule has 0 saturated carbocycles. The van der Waals surface area contributed by atoms with Crippen LogP contribution < -0.4 is 5.32 Å². The Morgan fingerprint density at radius 2 is 2.19 bits per heavy atom. The smallest absolute Gasteiger partial charge is 0.0597 e. The van der Waals surface area contributed by atoms with Crippen LogP contribution in [0.25, 0.3) is 0 Å². The Morgan fingerprint density at radius 1 is 1.44 bits per heavy atom. The first kappa shape index (κ1) is 13.2. The van der Waals surface area contributed by atoms with Crippen LogP contribution in [0.2, 0.25) is 0 Å². The van der Waals surface area contributed by atoms with Crippen LogP contribution >= 0.6 is 0 Å². The van der Waals surface area contributed by atoms with Crippen molar-refractivity contribution in [1.29, 1.82) is 0 Å². The molecule has 1 N–H and O–H groups in total. The minimum absolute atomic E-state index is 0.963. The highest BCUT2D eigenvalue weighted by atomic mass is 15.3. The highest BCUT2D eigenvalue weighted by Crippen LogP contribution is 2.04. The van der Waals surface area contributed by atoms with Crippen molar-refractivity contribution in [2.75, 3.05) is 26.7 Å². The molecule has 0 aliphatic heterocycles. The van der Waals surface area contributed by atoms with Crippen LogP contribution in [0.3, 0.4) is 0 Å². The van der Waals surface area contributed by atoms with E-state index < -0.39 is 0 Å². The lowest BCUT2D eigenvalue weighted by Gasteiger charge is -2.16. The molecule has 0 fully saturated rings. The number of hydrogen-bond acceptors (Lipinski definition) is 3. The van der Waals surface area contributed by atoms with Crippen LogP contribution in [0.15, 0.2) is 6.07 Å². The number of aryl methyl sites for hydroxylation is 2. The Balaban J connectivity index is 2.28. The van der Waals surface area contributed by atoms with Gasteiger partial charge >= 0.3 is 0 Å². The monoisotopic (exact) mass is 224 g/mol. The Morgan fingerprint density at radius 3 is 2.75 bits per heavy atom. The highest BCUT2D eigenvalue weighted by Gasteiger charge is 2.05. The molecule has 1 aromatic rings. The third-order valence-corrected chi connectivity index (χ3v) is 2.63. The van der Waals surface area contributed by atoms with E-state index in [0.29, 0.717) is 0 Å². The molecule has 0 saturated heterocycles. The van der Waals surface area contributed by atoms with Gasteiger partial charge in [0.25, 0.3) is 0 Å². The number of rotatable bonds is 7. The van der Waals surface area contributed by atoms with Crippen molar-refractivity contribution in [3.05, 3.63) is 17.5 Å². The summed E-state index contributed by atoms with van der Waals surface area (Å²) < 4.78 is 1.96. The number of aromatic nitrogens is 2. The summed E-state index contributed by atoms with van der Waals surface area (Å²) in [4.78, 5) is 2.32. The number of nitrogens with one attached hydrogen (secondary N) is 1. The molecular formula is C12H24N4. The first-order chi connectivity index (χ1) is 7.63. The zero-order valence-corrected chi connectivity index (χ0v) is 11.0. The second-order valence-electron chi connectivity index (χ2n) is 4.39. The summed E-state index contributed by atoms with van der Waals surface area (Å²) in [6.07, 6.45) is 1.20. The molecule has 1 heterocycles. The summed E-state index contributed by atoms with van der Waals surface area (Å²) in [7, 11) is 4.15. The molecule has 1 rings (SSSR count). The minimum Gasteiger partial charge on any atom is -0.315 e. The minimum atomic E-state index is 0.963. The second kappa shape index (κ2) is 6.66. The summed E-state index contributed by atoms with van der Waals surface area (Å²) in [6, 6.07) is 2.15. The highest BCUT2D eigenvalue weighted by molar-refractivity contribution is 5.08. The average molecular weight is 224 g/mol. The molecule has 0 radical (unpaired) electrons. The number of likely N-dealkylation sites (N-methyl/N-ethyl adjacent to an activating group) is 1. The van der Waals surface area contributed by atoms with Gasteiger partial charge in [-0.1, -0.05) is 6.92 Å². The van der Waals surface area contributed by atoms with Gasteiger partial charge in [0.1, 0.15) is 0 Å². The molecule has 92 valence electrons. The molecular weight excluding hydrogens is 200 g/mol. The van der Waals surface area contributed by atoms with Crippen molar-refractivity contribution in [2.24, 2.45) is 7.05 Å². The lowest BCUT2D eigenvalue weighted by molar-refractivity contribution is 0.315. The Kier molecular flexibility index (Phi) is 5.49. The topological polar surface area (TPSA) is 33.1 Å². The zero-order chi connectivity index (χ0) is 12.0. The van der Waals surface area contributed by atoms with E-state index in [0.717, 1.165) is 31.9 Å². The third-order valence-electron chi connectivity index (χ3n) is 2.63. The van der Waals surface area contributed by atoms with Gasteiger partial charge in [0.15, 0.2) is 0 Å². The Hall–Kier alpha value is -0.870. The number of hydrogen-bond donors (Lipinski definition) is 1. The summed E-state index contributed by atoms with van der Waals surface area (Å²) in [5.74, 6) is 0. The SMILES string of the molecule is CCCNCCN(C)Cc1cc(C)nn1C. The summed E-state index contributed by atoms with van der Waals surface area (Å²) in [5, 5.41) is 7.76. The molecule has 0 bridgehead atoms. The van der Waals surface area contributed by atoms with Crippen LogP contribution in [-0.4, -0.2) is 41.4 Å². The second-order valence-corrected chi connectivity index (χ2v) is 4.39. The van der Waals surface area contributed by atoms with Crippen molar-refractivity contribution >= 4 is 0 Å². The van der Waals surface area contributed by atoms with Crippen molar-refractivity contribution in [3.8, 4) is 0 Å². The summed E-state index contributed by atoms with van der Waals surface area (Å²) in [6.45, 7) is 8.43. The normalized spacial score (nSPS) is 11.3. The molecule has 1 aromatic heterocycles. The van der Waals surface area contributed by atoms with E-state index in [1.165, 1.54) is 12.1 Å². The van der Waals surface area contributed by atoms with Crippen LogP contribution in [-0.2, 0) is 13.6 Å². The fourth-order valence-electron chi connectivity index (χ4n) is 1.74. The van der Waals surface area contributed by atoms with Crippen molar-refractivity contribution in [2.45, 2.75) is 26.8 Å². The first-order valence-corrected chi connectivity index (χ1v) is 6.02. The molecule has 0 aliphatic rings. The largest absolute Gasteiger partial charge is 0.315 e. The summed E-state index contributed by atoms with van der Waals surface area (Å²) >= 11 is 0. The van der Waals surface area contributed by atoms with Gasteiger partial charge < -0.3 is 5.32 Å². The van der Waals surface area contributed by atoms with E-state index in [4.69, 9.17) is 0 Å². The van der Waals surface area contributed by atoms with Crippen molar-refractivity contribution in [1.82, 2.24) is 20.0 Å². The van der Waals surface area contributed by atoms with Gasteiger partial charge in [-0.15, -0.1) is 0 Å². The van der Waals surface area contributed by atoms with Crippen LogP contribution in [0, 0.1) is 6.92 Å². The quantitative estimate of drug-likeness (QED) is 0.706. The van der Waals surface area contributed by atoms with Gasteiger partial charge in [-0.3, -0.25) is 9.58 Å². The van der Waals surface area contributed by atoms with Gasteiger partial charge in [0.05, 0.1) is 11.4 Å². The summed E-state index contributed by atoms with van der Waals surface area (Å²) in [5.41, 5.74) is 2.37. The van der Waals surface area contributed by atoms with Gasteiger partial charge in [0.2, 0.25) is 0 Å². The van der Waals surface area contributed by atoms with Gasteiger partial charge in [-0.2, -0.15) is 5.10 Å². The van der Waals surface area contributed by atoms with Gasteiger partial charge in [0, 0.05) is 26.7 Å². The fraction of sp³-hybridized carbons (Fsp3) is 0.750. The fourth-order valence-corrected chi connectivity index (χ4v) is 1.74. The standard InChI is InChI=1S/C12H24N4/c1-5-6-13-7-8-15(3)10-12-9-11(2)14-16(12)4/h9,13H,5-8,10H2,1-4H3. The third kappa shape index (κ3) is 4.33. The first-order valence-electron chi connectivity index (χ1n) is 6.02. The predicted octanol–water partition coefficient (Wildman–Crippen LogP) is 1.16. The van der Waals surface area contributed by atoms with E-state index >= 15 is 0 Å². The van der Waals surface area contributed by atoms with E-state index in [2.05, 4.69) is 35.4 Å². The van der Waals surface area contributed by atoms with Crippen molar-refractivity contribution in [3.63, 3.8) is 0 Å². The zero-order valence-electron chi connectivity index (χ0n) is 11.0. The molecule has 0 spiro atoms. The van der Waals surface area contributed by atoms with Gasteiger partial charge in [-0.25, -0.2) is 0 Å². The molecule has 0 amide bonds. The lowest BCUT2D eigenvalue weighted by Crippen LogP contribution is -2.29. The molecule has 4 heteroatoms. The number of nitrogens with zero attached hydrogens (tertiary/aromatic N) is 3. The van der Waals surface area contributed by atoms with Gasteiger partial charge in [-0.05, 0) is 33.0 Å². The maximum atomic E-state index is 4.35. The molecule has 16 heavy (non-hydrogen) atoms. The molecule has 4 nitrogen and oxygen atoms in total. The van der Waals surface area contributed by atoms with E-state index in [1.807, 2.05) is 18.7 Å². The van der Waals surface area contributed by atoms with E-state index in [-0.39, 0.29) is 0 Å². The molecule has 0 aliphatic carbocycles. The van der Waals surface area contributed by atoms with Crippen molar-refractivity contribution < 1.29 is 0 Å². The maximum absolute atomic E-state index is 4.35. The Bertz CT molecular complexity index is 306. The average Bonchev–Trinajstić information content (AvgIpc) is 2.52. The lowest BCUT2D eigenvalue weighted by atomic mass is 10.3. The van der Waals surface area contributed by atoms with E-state index in [1.54, 1.807) is 0 Å². The predicted molar refractivity (Wildman–Crippen MR) is 67.4 cm³/mol. The van der Waals surface area contributed by atoms with Crippen LogP contribution in [0.1, 0.15) is 24.7 Å². The van der Waals surface area contributed by atoms with Crippen LogP contribution in [0.4, 0.5) is 0 Å². The van der Waals surface area contributed by atoms with Crippen LogP contribution in [0.5, 0.6) is 0 Å². The maximum Gasteiger partial charge on any atom is 0.0597 e.